The highest BCUT2D eigenvalue weighted by molar-refractivity contribution is 5.46. The minimum atomic E-state index is -0.118. The van der Waals surface area contributed by atoms with Gasteiger partial charge in [0.1, 0.15) is 11.6 Å². The van der Waals surface area contributed by atoms with Gasteiger partial charge in [-0.15, -0.1) is 0 Å². The largest absolute Gasteiger partial charge is 0.382 e. The van der Waals surface area contributed by atoms with E-state index in [1.54, 1.807) is 7.11 Å². The molecule has 1 aromatic heterocycles. The van der Waals surface area contributed by atoms with Crippen LogP contribution in [0.25, 0.3) is 0 Å². The van der Waals surface area contributed by atoms with E-state index in [-0.39, 0.29) is 5.54 Å². The molecule has 0 aliphatic carbocycles. The molecule has 4 heteroatoms. The number of ether oxygens (including phenoxy) is 1. The van der Waals surface area contributed by atoms with Gasteiger partial charge in [-0.25, -0.2) is 4.98 Å². The number of methoxy groups -OCH3 is 1. The molecule has 0 aliphatic heterocycles. The summed E-state index contributed by atoms with van der Waals surface area (Å²) in [6.45, 7) is 7.73. The van der Waals surface area contributed by atoms with Gasteiger partial charge in [-0.3, -0.25) is 0 Å². The van der Waals surface area contributed by atoms with Crippen molar-refractivity contribution in [3.8, 4) is 0 Å². The van der Waals surface area contributed by atoms with Crippen LogP contribution in [0.2, 0.25) is 0 Å². The summed E-state index contributed by atoms with van der Waals surface area (Å²) < 4.78 is 5.15. The van der Waals surface area contributed by atoms with Crippen molar-refractivity contribution in [1.82, 2.24) is 4.98 Å². The maximum atomic E-state index is 5.15. The fourth-order valence-electron chi connectivity index (χ4n) is 1.53. The van der Waals surface area contributed by atoms with Crippen molar-refractivity contribution in [3.05, 3.63) is 18.2 Å². The van der Waals surface area contributed by atoms with E-state index < -0.39 is 0 Å². The summed E-state index contributed by atoms with van der Waals surface area (Å²) in [5.41, 5.74) is -0.118. The van der Waals surface area contributed by atoms with Crippen LogP contribution in [0.3, 0.4) is 0 Å². The number of nitrogens with one attached hydrogen (secondary N) is 2. The highest BCUT2D eigenvalue weighted by atomic mass is 16.5. The molecule has 0 bridgehead atoms. The van der Waals surface area contributed by atoms with E-state index in [0.29, 0.717) is 6.61 Å². The molecule has 90 valence electrons. The van der Waals surface area contributed by atoms with Crippen molar-refractivity contribution < 1.29 is 4.74 Å². The van der Waals surface area contributed by atoms with Gasteiger partial charge in [0.05, 0.1) is 12.1 Å². The molecule has 2 N–H and O–H groups in total. The van der Waals surface area contributed by atoms with Gasteiger partial charge in [-0.1, -0.05) is 6.07 Å². The van der Waals surface area contributed by atoms with Gasteiger partial charge in [-0.05, 0) is 32.9 Å². The lowest BCUT2D eigenvalue weighted by Gasteiger charge is -2.26. The third kappa shape index (κ3) is 4.06. The lowest BCUT2D eigenvalue weighted by molar-refractivity contribution is 0.158. The molecule has 0 fully saturated rings. The molecule has 0 saturated carbocycles. The molecule has 0 spiro atoms. The molecule has 0 unspecified atom stereocenters. The molecular formula is C12H21N3O. The molecule has 4 nitrogen and oxygen atoms in total. The zero-order valence-electron chi connectivity index (χ0n) is 10.5. The Morgan fingerprint density at radius 3 is 2.62 bits per heavy atom. The maximum absolute atomic E-state index is 5.15. The first-order chi connectivity index (χ1) is 7.57. The minimum Gasteiger partial charge on any atom is -0.382 e. The van der Waals surface area contributed by atoms with Gasteiger partial charge < -0.3 is 15.4 Å². The van der Waals surface area contributed by atoms with Crippen LogP contribution in [-0.4, -0.2) is 30.8 Å². The highest BCUT2D eigenvalue weighted by Crippen LogP contribution is 2.15. The summed E-state index contributed by atoms with van der Waals surface area (Å²) in [4.78, 5) is 4.45. The Kier molecular flexibility index (Phi) is 4.55. The first kappa shape index (κ1) is 12.8. The molecule has 1 rings (SSSR count). The van der Waals surface area contributed by atoms with E-state index in [2.05, 4.69) is 36.4 Å². The molecule has 0 radical (unpaired) electrons. The van der Waals surface area contributed by atoms with E-state index in [1.807, 2.05) is 18.2 Å². The monoisotopic (exact) mass is 223 g/mol. The molecule has 16 heavy (non-hydrogen) atoms. The van der Waals surface area contributed by atoms with Crippen LogP contribution in [0.15, 0.2) is 18.2 Å². The predicted molar refractivity (Wildman–Crippen MR) is 68.0 cm³/mol. The van der Waals surface area contributed by atoms with Gasteiger partial charge >= 0.3 is 0 Å². The summed E-state index contributed by atoms with van der Waals surface area (Å²) in [7, 11) is 1.70. The number of aromatic nitrogens is 1. The molecule has 0 amide bonds. The Labute approximate surface area is 97.4 Å². The molecule has 1 aromatic rings. The molecule has 0 aromatic carbocycles. The average molecular weight is 223 g/mol. The Morgan fingerprint density at radius 1 is 1.31 bits per heavy atom. The average Bonchev–Trinajstić information content (AvgIpc) is 2.17. The smallest absolute Gasteiger partial charge is 0.128 e. The van der Waals surface area contributed by atoms with E-state index in [0.717, 1.165) is 18.2 Å². The van der Waals surface area contributed by atoms with Crippen molar-refractivity contribution in [2.24, 2.45) is 0 Å². The number of hydrogen-bond acceptors (Lipinski definition) is 4. The maximum Gasteiger partial charge on any atom is 0.128 e. The zero-order valence-corrected chi connectivity index (χ0v) is 10.5. The predicted octanol–water partition coefficient (Wildman–Crippen LogP) is 2.35. The summed E-state index contributed by atoms with van der Waals surface area (Å²) in [6, 6.07) is 5.90. The summed E-state index contributed by atoms with van der Waals surface area (Å²) in [6.07, 6.45) is 0. The molecule has 0 saturated heterocycles. The van der Waals surface area contributed by atoms with Crippen molar-refractivity contribution in [3.63, 3.8) is 0 Å². The van der Waals surface area contributed by atoms with Gasteiger partial charge in [0, 0.05) is 13.7 Å². The van der Waals surface area contributed by atoms with Crippen LogP contribution in [0.5, 0.6) is 0 Å². The highest BCUT2D eigenvalue weighted by Gasteiger charge is 2.17. The van der Waals surface area contributed by atoms with Crippen molar-refractivity contribution in [1.29, 1.82) is 0 Å². The second-order valence-corrected chi connectivity index (χ2v) is 4.38. The first-order valence-electron chi connectivity index (χ1n) is 5.55. The zero-order chi connectivity index (χ0) is 12.0. The lowest BCUT2D eigenvalue weighted by atomic mass is 10.1. The number of rotatable bonds is 6. The van der Waals surface area contributed by atoms with Gasteiger partial charge in [-0.2, -0.15) is 0 Å². The van der Waals surface area contributed by atoms with Crippen LogP contribution < -0.4 is 10.6 Å². The van der Waals surface area contributed by atoms with Crippen LogP contribution >= 0.6 is 0 Å². The fourth-order valence-corrected chi connectivity index (χ4v) is 1.53. The SMILES string of the molecule is CCNc1cccc(NC(C)(C)COC)n1. The fraction of sp³-hybridized carbons (Fsp3) is 0.583. The number of nitrogens with zero attached hydrogens (tertiary/aromatic N) is 1. The summed E-state index contributed by atoms with van der Waals surface area (Å²) >= 11 is 0. The number of hydrogen-bond donors (Lipinski definition) is 2. The summed E-state index contributed by atoms with van der Waals surface area (Å²) in [5, 5.41) is 6.53. The van der Waals surface area contributed by atoms with E-state index in [9.17, 15) is 0 Å². The molecular weight excluding hydrogens is 202 g/mol. The van der Waals surface area contributed by atoms with Crippen LogP contribution in [-0.2, 0) is 4.74 Å². The lowest BCUT2D eigenvalue weighted by Crippen LogP contribution is -2.36. The molecule has 0 atom stereocenters. The van der Waals surface area contributed by atoms with E-state index in [4.69, 9.17) is 4.74 Å². The van der Waals surface area contributed by atoms with E-state index in [1.165, 1.54) is 0 Å². The Bertz CT molecular complexity index is 326. The third-order valence-electron chi connectivity index (χ3n) is 2.08. The number of anilines is 2. The third-order valence-corrected chi connectivity index (χ3v) is 2.08. The Morgan fingerprint density at radius 2 is 2.00 bits per heavy atom. The normalized spacial score (nSPS) is 11.2. The Hall–Kier alpha value is -1.29. The summed E-state index contributed by atoms with van der Waals surface area (Å²) in [5.74, 6) is 1.75. The Balaban J connectivity index is 2.69. The van der Waals surface area contributed by atoms with Gasteiger partial charge in [0.2, 0.25) is 0 Å². The van der Waals surface area contributed by atoms with Crippen molar-refractivity contribution in [2.75, 3.05) is 30.9 Å². The second kappa shape index (κ2) is 5.70. The van der Waals surface area contributed by atoms with Crippen molar-refractivity contribution >= 4 is 11.6 Å². The van der Waals surface area contributed by atoms with Crippen molar-refractivity contribution in [2.45, 2.75) is 26.3 Å². The standard InChI is InChI=1S/C12H21N3O/c1-5-13-10-7-6-8-11(14-10)15-12(2,3)9-16-4/h6-8H,5,9H2,1-4H3,(H2,13,14,15). The first-order valence-corrected chi connectivity index (χ1v) is 5.55. The molecule has 1 heterocycles. The topological polar surface area (TPSA) is 46.2 Å². The minimum absolute atomic E-state index is 0.118. The van der Waals surface area contributed by atoms with Crippen LogP contribution in [0.4, 0.5) is 11.6 Å². The van der Waals surface area contributed by atoms with Crippen LogP contribution in [0.1, 0.15) is 20.8 Å². The van der Waals surface area contributed by atoms with Gasteiger partial charge in [0.25, 0.3) is 0 Å². The molecule has 0 aliphatic rings. The second-order valence-electron chi connectivity index (χ2n) is 4.38. The van der Waals surface area contributed by atoms with Crippen LogP contribution in [0, 0.1) is 0 Å². The van der Waals surface area contributed by atoms with E-state index >= 15 is 0 Å². The quantitative estimate of drug-likeness (QED) is 0.777. The van der Waals surface area contributed by atoms with Gasteiger partial charge in [0.15, 0.2) is 0 Å². The number of pyridine rings is 1.